The Morgan fingerprint density at radius 2 is 1.76 bits per heavy atom. The van der Waals surface area contributed by atoms with Crippen LogP contribution in [0.25, 0.3) is 6.08 Å². The fourth-order valence-electron chi connectivity index (χ4n) is 4.78. The van der Waals surface area contributed by atoms with Gasteiger partial charge < -0.3 is 14.2 Å². The number of aromatic nitrogens is 1. The predicted octanol–water partition coefficient (Wildman–Crippen LogP) is 5.74. The van der Waals surface area contributed by atoms with E-state index >= 15 is 0 Å². The molecule has 9 heteroatoms. The monoisotopic (exact) mass is 602 g/mol. The van der Waals surface area contributed by atoms with Gasteiger partial charge in [-0.25, -0.2) is 9.79 Å². The summed E-state index contributed by atoms with van der Waals surface area (Å²) in [6, 6.07) is 20.2. The number of ether oxygens (including phenoxy) is 3. The van der Waals surface area contributed by atoms with E-state index < -0.39 is 12.0 Å². The quantitative estimate of drug-likeness (QED) is 0.228. The highest BCUT2D eigenvalue weighted by molar-refractivity contribution is 7.07. The van der Waals surface area contributed by atoms with Crippen LogP contribution in [0.15, 0.2) is 87.8 Å². The van der Waals surface area contributed by atoms with Gasteiger partial charge in [-0.3, -0.25) is 9.36 Å². The molecule has 7 nitrogen and oxygen atoms in total. The summed E-state index contributed by atoms with van der Waals surface area (Å²) in [6.45, 7) is 8.39. The second-order valence-corrected chi connectivity index (χ2v) is 11.1. The molecule has 0 bridgehead atoms. The van der Waals surface area contributed by atoms with Gasteiger partial charge in [-0.15, -0.1) is 0 Å². The summed E-state index contributed by atoms with van der Waals surface area (Å²) in [7, 11) is 0. The molecule has 5 rings (SSSR count). The van der Waals surface area contributed by atoms with E-state index in [1.807, 2.05) is 80.6 Å². The van der Waals surface area contributed by atoms with Gasteiger partial charge >= 0.3 is 5.97 Å². The third-order valence-electron chi connectivity index (χ3n) is 6.82. The van der Waals surface area contributed by atoms with Crippen LogP contribution < -0.4 is 24.4 Å². The van der Waals surface area contributed by atoms with Gasteiger partial charge in [0, 0.05) is 10.6 Å². The van der Waals surface area contributed by atoms with Gasteiger partial charge in [-0.05, 0) is 63.1 Å². The van der Waals surface area contributed by atoms with E-state index in [-0.39, 0.29) is 12.2 Å². The van der Waals surface area contributed by atoms with Gasteiger partial charge in [0.05, 0.1) is 35.1 Å². The predicted molar refractivity (Wildman–Crippen MR) is 165 cm³/mol. The highest BCUT2D eigenvalue weighted by atomic mass is 35.5. The van der Waals surface area contributed by atoms with Gasteiger partial charge in [0.2, 0.25) is 0 Å². The van der Waals surface area contributed by atoms with Crippen LogP contribution >= 0.6 is 22.9 Å². The lowest BCUT2D eigenvalue weighted by Crippen LogP contribution is -2.39. The van der Waals surface area contributed by atoms with Crippen LogP contribution in [-0.4, -0.2) is 23.8 Å². The van der Waals surface area contributed by atoms with Gasteiger partial charge in [-0.1, -0.05) is 77.0 Å². The molecule has 1 unspecified atom stereocenters. The molecule has 1 aliphatic rings. The number of aryl methyl sites for hydroxylation is 1. The fourth-order valence-corrected chi connectivity index (χ4v) is 6.02. The van der Waals surface area contributed by atoms with Crippen LogP contribution in [0.3, 0.4) is 0 Å². The topological polar surface area (TPSA) is 79.1 Å². The minimum Gasteiger partial charge on any atom is -0.490 e. The number of fused-ring (bicyclic) bond motifs is 1. The Bertz CT molecular complexity index is 1840. The number of carbonyl (C=O) groups is 1. The average molecular weight is 603 g/mol. The first-order chi connectivity index (χ1) is 20.3. The molecule has 3 aromatic carbocycles. The highest BCUT2D eigenvalue weighted by Gasteiger charge is 2.33. The molecule has 1 aliphatic heterocycles. The number of benzene rings is 3. The Balaban J connectivity index is 1.55. The maximum absolute atomic E-state index is 13.9. The molecule has 0 spiro atoms. The van der Waals surface area contributed by atoms with Crippen LogP contribution in [0.2, 0.25) is 5.02 Å². The maximum Gasteiger partial charge on any atom is 0.338 e. The van der Waals surface area contributed by atoms with E-state index in [0.29, 0.717) is 50.3 Å². The molecule has 1 atom stereocenters. The number of hydrogen-bond acceptors (Lipinski definition) is 7. The molecule has 0 fully saturated rings. The lowest BCUT2D eigenvalue weighted by molar-refractivity contribution is -0.139. The van der Waals surface area contributed by atoms with Gasteiger partial charge in [0.1, 0.15) is 6.61 Å². The second kappa shape index (κ2) is 12.8. The summed E-state index contributed by atoms with van der Waals surface area (Å²) < 4.78 is 19.4. The standard InChI is InChI=1S/C33H31ClN2O5S/c1-5-39-27-17-22(13-16-26(27)41-19-24-9-7-8-10-25(24)34)18-28-31(37)36-30(23-14-11-20(3)12-15-23)29(32(38)40-6-2)21(4)35-33(36)42-28/h7-18,30H,5-6,19H2,1-4H3/b28-18-. The zero-order valence-corrected chi connectivity index (χ0v) is 25.4. The SMILES string of the molecule is CCOC(=O)C1=C(C)N=c2s/c(=C\c3ccc(OCc4ccccc4Cl)c(OCC)c3)c(=O)n2C1c1ccc(C)cc1. The van der Waals surface area contributed by atoms with Crippen molar-refractivity contribution in [3.8, 4) is 11.5 Å². The van der Waals surface area contributed by atoms with Gasteiger partial charge in [0.15, 0.2) is 16.3 Å². The first-order valence-electron chi connectivity index (χ1n) is 13.7. The molecule has 0 saturated heterocycles. The Labute approximate surface area is 253 Å². The van der Waals surface area contributed by atoms with Crippen molar-refractivity contribution in [2.24, 2.45) is 4.99 Å². The van der Waals surface area contributed by atoms with E-state index in [2.05, 4.69) is 4.99 Å². The summed E-state index contributed by atoms with van der Waals surface area (Å²) in [5.74, 6) is 0.654. The number of nitrogens with zero attached hydrogens (tertiary/aromatic N) is 2. The van der Waals surface area contributed by atoms with Crippen LogP contribution in [-0.2, 0) is 16.1 Å². The van der Waals surface area contributed by atoms with E-state index in [9.17, 15) is 9.59 Å². The van der Waals surface area contributed by atoms with Crippen LogP contribution in [0.5, 0.6) is 11.5 Å². The fraction of sp³-hybridized carbons (Fsp3) is 0.242. The number of thiazole rings is 1. The van der Waals surface area contributed by atoms with E-state index in [1.54, 1.807) is 24.5 Å². The van der Waals surface area contributed by atoms with Crippen molar-refractivity contribution < 1.29 is 19.0 Å². The van der Waals surface area contributed by atoms with Crippen LogP contribution in [0.1, 0.15) is 49.1 Å². The van der Waals surface area contributed by atoms with Gasteiger partial charge in [-0.2, -0.15) is 0 Å². The van der Waals surface area contributed by atoms with Crippen molar-refractivity contribution >= 4 is 35.0 Å². The Morgan fingerprint density at radius 3 is 2.48 bits per heavy atom. The summed E-state index contributed by atoms with van der Waals surface area (Å²) in [5, 5.41) is 0.632. The normalized spacial score (nSPS) is 14.8. The zero-order valence-electron chi connectivity index (χ0n) is 23.8. The lowest BCUT2D eigenvalue weighted by Gasteiger charge is -2.24. The number of hydrogen-bond donors (Lipinski definition) is 0. The summed E-state index contributed by atoms with van der Waals surface area (Å²) in [4.78, 5) is 32.2. The molecule has 4 aromatic rings. The summed E-state index contributed by atoms with van der Waals surface area (Å²) in [6.07, 6.45) is 1.81. The number of halogens is 1. The highest BCUT2D eigenvalue weighted by Crippen LogP contribution is 2.32. The molecule has 216 valence electrons. The minimum atomic E-state index is -0.650. The van der Waals surface area contributed by atoms with Crippen molar-refractivity contribution in [2.45, 2.75) is 40.3 Å². The van der Waals surface area contributed by atoms with E-state index in [4.69, 9.17) is 25.8 Å². The maximum atomic E-state index is 13.9. The van der Waals surface area contributed by atoms with Crippen molar-refractivity contribution in [1.29, 1.82) is 0 Å². The molecule has 0 saturated carbocycles. The Morgan fingerprint density at radius 1 is 1.00 bits per heavy atom. The number of allylic oxidation sites excluding steroid dienone is 1. The third-order valence-corrected chi connectivity index (χ3v) is 8.17. The summed E-state index contributed by atoms with van der Waals surface area (Å²) >= 11 is 7.57. The van der Waals surface area contributed by atoms with Crippen LogP contribution in [0, 0.1) is 6.92 Å². The van der Waals surface area contributed by atoms with Crippen molar-refractivity contribution in [1.82, 2.24) is 4.57 Å². The summed E-state index contributed by atoms with van der Waals surface area (Å²) in [5.41, 5.74) is 4.17. The largest absolute Gasteiger partial charge is 0.490 e. The molecule has 0 N–H and O–H groups in total. The minimum absolute atomic E-state index is 0.223. The smallest absolute Gasteiger partial charge is 0.338 e. The van der Waals surface area contributed by atoms with E-state index in [0.717, 1.165) is 22.3 Å². The molecule has 0 aliphatic carbocycles. The molecular formula is C33H31ClN2O5S. The number of carbonyl (C=O) groups excluding carboxylic acids is 1. The molecule has 0 radical (unpaired) electrons. The van der Waals surface area contributed by atoms with E-state index in [1.165, 1.54) is 11.3 Å². The average Bonchev–Trinajstić information content (AvgIpc) is 3.27. The number of rotatable bonds is 9. The van der Waals surface area contributed by atoms with Gasteiger partial charge in [0.25, 0.3) is 5.56 Å². The molecule has 0 amide bonds. The number of esters is 1. The first kappa shape index (κ1) is 29.4. The molecule has 2 heterocycles. The Hall–Kier alpha value is -4.14. The van der Waals surface area contributed by atoms with Crippen LogP contribution in [0.4, 0.5) is 0 Å². The second-order valence-electron chi connectivity index (χ2n) is 9.73. The Kier molecular flexibility index (Phi) is 8.94. The van der Waals surface area contributed by atoms with Crippen molar-refractivity contribution in [3.05, 3.63) is 125 Å². The molecular weight excluding hydrogens is 572 g/mol. The first-order valence-corrected chi connectivity index (χ1v) is 14.9. The lowest BCUT2D eigenvalue weighted by atomic mass is 9.95. The molecule has 42 heavy (non-hydrogen) atoms. The molecule has 1 aromatic heterocycles. The zero-order chi connectivity index (χ0) is 29.8. The van der Waals surface area contributed by atoms with Crippen molar-refractivity contribution in [3.63, 3.8) is 0 Å². The van der Waals surface area contributed by atoms with Crippen molar-refractivity contribution in [2.75, 3.05) is 13.2 Å². The third kappa shape index (κ3) is 6.05.